The van der Waals surface area contributed by atoms with Gasteiger partial charge in [-0.15, -0.1) is 0 Å². The third-order valence-electron chi connectivity index (χ3n) is 4.57. The molecule has 0 saturated carbocycles. The number of hydrogen-bond donors (Lipinski definition) is 7. The van der Waals surface area contributed by atoms with Gasteiger partial charge in [0.2, 0.25) is 23.6 Å². The number of rotatable bonds is 12. The van der Waals surface area contributed by atoms with Crippen LogP contribution in [0.2, 0.25) is 0 Å². The highest BCUT2D eigenvalue weighted by Crippen LogP contribution is 2.19. The molecule has 0 spiro atoms. The number of hydrogen-bond acceptors (Lipinski definition) is 7. The summed E-state index contributed by atoms with van der Waals surface area (Å²) >= 11 is 0. The standard InChI is InChI=1S/C17H30N8O6/c18-9(7-12(19)26)16(31)25-6-2-4-11(25)15(30)24-10(3-1-5-22-17(20)21)14(29)23-8-13(27)28/h9-11H,1-8,18H2,(H2,19,26)(H,23,29)(H,24,30)(H,27,28)(H4,20,21,22). The molecule has 4 amide bonds. The molecule has 3 atom stereocenters. The highest BCUT2D eigenvalue weighted by Gasteiger charge is 2.37. The molecular weight excluding hydrogens is 412 g/mol. The summed E-state index contributed by atoms with van der Waals surface area (Å²) in [6.07, 6.45) is 0.996. The van der Waals surface area contributed by atoms with Gasteiger partial charge >= 0.3 is 5.97 Å². The Balaban J connectivity index is 2.82. The molecule has 1 heterocycles. The summed E-state index contributed by atoms with van der Waals surface area (Å²) in [5.41, 5.74) is 21.3. The third kappa shape index (κ3) is 8.86. The number of carboxylic acid groups (broad SMARTS) is 1. The zero-order chi connectivity index (χ0) is 23.6. The molecule has 1 saturated heterocycles. The Morgan fingerprint density at radius 1 is 1.16 bits per heavy atom. The number of nitrogens with one attached hydrogen (secondary N) is 2. The fourth-order valence-corrected chi connectivity index (χ4v) is 3.15. The lowest BCUT2D eigenvalue weighted by atomic mass is 10.1. The van der Waals surface area contributed by atoms with Gasteiger partial charge in [0, 0.05) is 13.1 Å². The van der Waals surface area contributed by atoms with Gasteiger partial charge in [0.25, 0.3) is 0 Å². The molecule has 31 heavy (non-hydrogen) atoms. The molecular formula is C17H30N8O6. The van der Waals surface area contributed by atoms with Crippen molar-refractivity contribution in [1.29, 1.82) is 0 Å². The molecule has 0 bridgehead atoms. The van der Waals surface area contributed by atoms with Gasteiger partial charge in [0.1, 0.15) is 18.6 Å². The molecule has 14 heteroatoms. The quantitative estimate of drug-likeness (QED) is 0.0880. The minimum Gasteiger partial charge on any atom is -0.480 e. The molecule has 0 aromatic heterocycles. The van der Waals surface area contributed by atoms with Crippen LogP contribution in [0.5, 0.6) is 0 Å². The third-order valence-corrected chi connectivity index (χ3v) is 4.57. The summed E-state index contributed by atoms with van der Waals surface area (Å²) in [6, 6.07) is -3.10. The lowest BCUT2D eigenvalue weighted by molar-refractivity contribution is -0.141. The predicted molar refractivity (Wildman–Crippen MR) is 109 cm³/mol. The van der Waals surface area contributed by atoms with Crippen LogP contribution in [-0.4, -0.2) is 83.3 Å². The maximum atomic E-state index is 12.8. The lowest BCUT2D eigenvalue weighted by Gasteiger charge is -2.28. The first kappa shape index (κ1) is 25.6. The van der Waals surface area contributed by atoms with Gasteiger partial charge in [-0.3, -0.25) is 29.0 Å². The summed E-state index contributed by atoms with van der Waals surface area (Å²) < 4.78 is 0. The van der Waals surface area contributed by atoms with Gasteiger partial charge in [0.05, 0.1) is 12.5 Å². The van der Waals surface area contributed by atoms with E-state index in [1.165, 1.54) is 4.90 Å². The zero-order valence-electron chi connectivity index (χ0n) is 17.1. The second-order valence-corrected chi connectivity index (χ2v) is 7.09. The van der Waals surface area contributed by atoms with E-state index in [4.69, 9.17) is 28.0 Å². The number of primary amides is 1. The Bertz CT molecular complexity index is 723. The first-order valence-electron chi connectivity index (χ1n) is 9.72. The number of likely N-dealkylation sites (tertiary alicyclic amines) is 1. The van der Waals surface area contributed by atoms with Crippen LogP contribution >= 0.6 is 0 Å². The Hall–Kier alpha value is -3.42. The van der Waals surface area contributed by atoms with Gasteiger partial charge in [-0.25, -0.2) is 0 Å². The average Bonchev–Trinajstić information content (AvgIpc) is 3.16. The predicted octanol–water partition coefficient (Wildman–Crippen LogP) is -4.08. The van der Waals surface area contributed by atoms with Crippen LogP contribution in [0.15, 0.2) is 4.99 Å². The number of carbonyl (C=O) groups excluding carboxylic acids is 4. The summed E-state index contributed by atoms with van der Waals surface area (Å²) in [6.45, 7) is -0.143. The second-order valence-electron chi connectivity index (χ2n) is 7.09. The van der Waals surface area contributed by atoms with E-state index >= 15 is 0 Å². The van der Waals surface area contributed by atoms with Crippen LogP contribution in [0.4, 0.5) is 0 Å². The van der Waals surface area contributed by atoms with Crippen LogP contribution in [-0.2, 0) is 24.0 Å². The van der Waals surface area contributed by atoms with Crippen molar-refractivity contribution in [2.24, 2.45) is 27.9 Å². The average molecular weight is 442 g/mol. The van der Waals surface area contributed by atoms with Gasteiger partial charge < -0.3 is 43.6 Å². The zero-order valence-corrected chi connectivity index (χ0v) is 17.1. The fraction of sp³-hybridized carbons (Fsp3) is 0.647. The molecule has 1 aliphatic rings. The first-order chi connectivity index (χ1) is 14.5. The number of amides is 4. The summed E-state index contributed by atoms with van der Waals surface area (Å²) in [7, 11) is 0. The van der Waals surface area contributed by atoms with E-state index in [9.17, 15) is 24.0 Å². The van der Waals surface area contributed by atoms with Crippen molar-refractivity contribution < 1.29 is 29.1 Å². The summed E-state index contributed by atoms with van der Waals surface area (Å²) in [4.78, 5) is 64.4. The largest absolute Gasteiger partial charge is 0.480 e. The van der Waals surface area contributed by atoms with Crippen LogP contribution in [0.25, 0.3) is 0 Å². The van der Waals surface area contributed by atoms with Crippen molar-refractivity contribution in [3.05, 3.63) is 0 Å². The van der Waals surface area contributed by atoms with Gasteiger partial charge in [-0.1, -0.05) is 0 Å². The Kier molecular flexibility index (Phi) is 10.2. The van der Waals surface area contributed by atoms with Gasteiger partial charge in [0.15, 0.2) is 5.96 Å². The molecule has 3 unspecified atom stereocenters. The highest BCUT2D eigenvalue weighted by molar-refractivity contribution is 5.95. The smallest absolute Gasteiger partial charge is 0.322 e. The molecule has 0 aliphatic carbocycles. The Morgan fingerprint density at radius 2 is 1.84 bits per heavy atom. The number of carbonyl (C=O) groups is 5. The SMILES string of the molecule is NC(=O)CC(N)C(=O)N1CCCC1C(=O)NC(CCCN=C(N)N)C(=O)NCC(=O)O. The minimum atomic E-state index is -1.24. The molecule has 1 fully saturated rings. The Labute approximate surface area is 178 Å². The molecule has 0 aromatic rings. The molecule has 0 aromatic carbocycles. The van der Waals surface area contributed by atoms with Crippen molar-refractivity contribution >= 4 is 35.6 Å². The van der Waals surface area contributed by atoms with Crippen LogP contribution in [0, 0.1) is 0 Å². The van der Waals surface area contributed by atoms with E-state index in [0.717, 1.165) is 0 Å². The molecule has 1 rings (SSSR count). The van der Waals surface area contributed by atoms with Crippen LogP contribution in [0.3, 0.4) is 0 Å². The van der Waals surface area contributed by atoms with E-state index in [2.05, 4.69) is 15.6 Å². The second kappa shape index (κ2) is 12.3. The molecule has 174 valence electrons. The van der Waals surface area contributed by atoms with E-state index in [0.29, 0.717) is 19.3 Å². The van der Waals surface area contributed by atoms with E-state index < -0.39 is 54.3 Å². The van der Waals surface area contributed by atoms with Crippen molar-refractivity contribution in [1.82, 2.24) is 15.5 Å². The number of carboxylic acids is 1. The highest BCUT2D eigenvalue weighted by atomic mass is 16.4. The normalized spacial score (nSPS) is 17.3. The number of nitrogens with zero attached hydrogens (tertiary/aromatic N) is 2. The van der Waals surface area contributed by atoms with Crippen LogP contribution in [0.1, 0.15) is 32.1 Å². The van der Waals surface area contributed by atoms with Gasteiger partial charge in [-0.05, 0) is 25.7 Å². The van der Waals surface area contributed by atoms with E-state index in [1.54, 1.807) is 0 Å². The van der Waals surface area contributed by atoms with Crippen molar-refractivity contribution in [2.75, 3.05) is 19.6 Å². The lowest BCUT2D eigenvalue weighted by Crippen LogP contribution is -2.55. The van der Waals surface area contributed by atoms with Crippen molar-refractivity contribution in [2.45, 2.75) is 50.2 Å². The molecule has 14 nitrogen and oxygen atoms in total. The van der Waals surface area contributed by atoms with Crippen LogP contribution < -0.4 is 33.6 Å². The number of guanidine groups is 1. The fourth-order valence-electron chi connectivity index (χ4n) is 3.15. The van der Waals surface area contributed by atoms with E-state index in [1.807, 2.05) is 0 Å². The van der Waals surface area contributed by atoms with Crippen molar-refractivity contribution in [3.63, 3.8) is 0 Å². The van der Waals surface area contributed by atoms with E-state index in [-0.39, 0.29) is 31.9 Å². The Morgan fingerprint density at radius 3 is 2.42 bits per heavy atom. The first-order valence-corrected chi connectivity index (χ1v) is 9.72. The number of nitrogens with two attached hydrogens (primary N) is 4. The number of aliphatic imine (C=N–C) groups is 1. The molecule has 1 aliphatic heterocycles. The molecule has 0 radical (unpaired) electrons. The monoisotopic (exact) mass is 442 g/mol. The topological polar surface area (TPSA) is 249 Å². The number of aliphatic carboxylic acids is 1. The summed E-state index contributed by atoms with van der Waals surface area (Å²) in [5, 5.41) is 13.5. The molecule has 11 N–H and O–H groups in total. The minimum absolute atomic E-state index is 0.122. The maximum absolute atomic E-state index is 12.8. The summed E-state index contributed by atoms with van der Waals surface area (Å²) in [5.74, 6) is -3.97. The van der Waals surface area contributed by atoms with Gasteiger partial charge in [-0.2, -0.15) is 0 Å². The maximum Gasteiger partial charge on any atom is 0.322 e. The van der Waals surface area contributed by atoms with Crippen molar-refractivity contribution in [3.8, 4) is 0 Å².